The number of nitrogens with one attached hydrogen (secondary N) is 1. The number of benzene rings is 2. The van der Waals surface area contributed by atoms with Gasteiger partial charge in [-0.3, -0.25) is 4.79 Å². The van der Waals surface area contributed by atoms with Gasteiger partial charge in [-0.2, -0.15) is 13.2 Å². The molecule has 2 aromatic carbocycles. The number of hydrogen-bond donors (Lipinski definition) is 1. The van der Waals surface area contributed by atoms with E-state index in [-0.39, 0.29) is 24.1 Å². The van der Waals surface area contributed by atoms with Crippen LogP contribution in [0.2, 0.25) is 0 Å². The average Bonchev–Trinajstić information content (AvgIpc) is 3.16. The molecule has 2 aromatic rings. The fourth-order valence-corrected chi connectivity index (χ4v) is 3.73. The van der Waals surface area contributed by atoms with E-state index in [2.05, 4.69) is 5.32 Å². The normalized spacial score (nSPS) is 22.5. The highest BCUT2D eigenvalue weighted by atomic mass is 19.4. The molecule has 2 unspecified atom stereocenters. The van der Waals surface area contributed by atoms with Crippen LogP contribution in [0.25, 0.3) is 0 Å². The molecule has 0 spiro atoms. The zero-order valence-electron chi connectivity index (χ0n) is 14.5. The van der Waals surface area contributed by atoms with Gasteiger partial charge in [-0.05, 0) is 31.0 Å². The van der Waals surface area contributed by atoms with Crippen LogP contribution in [0.3, 0.4) is 0 Å². The summed E-state index contributed by atoms with van der Waals surface area (Å²) in [5, 5.41) is 3.13. The number of fused-ring (bicyclic) bond motifs is 1. The summed E-state index contributed by atoms with van der Waals surface area (Å²) in [6.07, 6.45) is -3.90. The Morgan fingerprint density at radius 1 is 1.11 bits per heavy atom. The van der Waals surface area contributed by atoms with Crippen LogP contribution in [0.15, 0.2) is 48.5 Å². The molecule has 4 rings (SSSR count). The number of carbonyl (C=O) groups is 1. The second kappa shape index (κ2) is 6.88. The smallest absolute Gasteiger partial charge is 0.376 e. The third kappa shape index (κ3) is 3.39. The number of alkyl halides is 3. The van der Waals surface area contributed by atoms with Crippen molar-refractivity contribution in [3.63, 3.8) is 0 Å². The SMILES string of the molecule is O=C1c2ccccc2NC(c2ccccc2C(F)(F)F)N1CC1CCCO1. The molecule has 0 radical (unpaired) electrons. The lowest BCUT2D eigenvalue weighted by Crippen LogP contribution is -2.46. The Morgan fingerprint density at radius 2 is 1.85 bits per heavy atom. The summed E-state index contributed by atoms with van der Waals surface area (Å²) < 4.78 is 46.3. The van der Waals surface area contributed by atoms with Crippen molar-refractivity contribution in [2.45, 2.75) is 31.3 Å². The first-order valence-corrected chi connectivity index (χ1v) is 8.89. The van der Waals surface area contributed by atoms with Gasteiger partial charge in [0.25, 0.3) is 5.91 Å². The first kappa shape index (κ1) is 17.9. The van der Waals surface area contributed by atoms with E-state index in [0.29, 0.717) is 17.9 Å². The van der Waals surface area contributed by atoms with E-state index < -0.39 is 17.9 Å². The number of halogens is 3. The number of hydrogen-bond acceptors (Lipinski definition) is 3. The number of nitrogens with zero attached hydrogens (tertiary/aromatic N) is 1. The molecule has 0 aliphatic carbocycles. The van der Waals surface area contributed by atoms with Gasteiger partial charge in [0.05, 0.1) is 17.2 Å². The summed E-state index contributed by atoms with van der Waals surface area (Å²) in [4.78, 5) is 14.6. The number of para-hydroxylation sites is 1. The van der Waals surface area contributed by atoms with Gasteiger partial charge < -0.3 is 15.0 Å². The Bertz CT molecular complexity index is 847. The predicted octanol–water partition coefficient (Wildman–Crippen LogP) is 4.45. The molecule has 1 saturated heterocycles. The molecule has 27 heavy (non-hydrogen) atoms. The molecule has 0 aromatic heterocycles. The summed E-state index contributed by atoms with van der Waals surface area (Å²) >= 11 is 0. The van der Waals surface area contributed by atoms with Crippen molar-refractivity contribution in [3.8, 4) is 0 Å². The number of rotatable bonds is 3. The predicted molar refractivity (Wildman–Crippen MR) is 94.3 cm³/mol. The van der Waals surface area contributed by atoms with Crippen molar-refractivity contribution >= 4 is 11.6 Å². The van der Waals surface area contributed by atoms with Crippen LogP contribution in [0.5, 0.6) is 0 Å². The molecule has 2 heterocycles. The first-order chi connectivity index (χ1) is 12.9. The van der Waals surface area contributed by atoms with Crippen molar-refractivity contribution in [3.05, 3.63) is 65.2 Å². The lowest BCUT2D eigenvalue weighted by atomic mass is 9.98. The van der Waals surface area contributed by atoms with Gasteiger partial charge in [0.2, 0.25) is 0 Å². The molecule has 1 fully saturated rings. The molecular formula is C20H19F3N2O2. The van der Waals surface area contributed by atoms with Gasteiger partial charge >= 0.3 is 6.18 Å². The average molecular weight is 376 g/mol. The van der Waals surface area contributed by atoms with E-state index in [1.807, 2.05) is 0 Å². The lowest BCUT2D eigenvalue weighted by molar-refractivity contribution is -0.138. The zero-order chi connectivity index (χ0) is 19.0. The fraction of sp³-hybridized carbons (Fsp3) is 0.350. The number of carbonyl (C=O) groups excluding carboxylic acids is 1. The van der Waals surface area contributed by atoms with Crippen molar-refractivity contribution in [2.75, 3.05) is 18.5 Å². The Hall–Kier alpha value is -2.54. The van der Waals surface area contributed by atoms with Gasteiger partial charge in [-0.25, -0.2) is 0 Å². The third-order valence-corrected chi connectivity index (χ3v) is 5.01. The standard InChI is InChI=1S/C20H19F3N2O2/c21-20(22,23)16-9-3-1-7-14(16)18-24-17-10-4-2-8-15(17)19(26)25(18)12-13-6-5-11-27-13/h1-4,7-10,13,18,24H,5-6,11-12H2. The van der Waals surface area contributed by atoms with E-state index in [0.717, 1.165) is 18.9 Å². The van der Waals surface area contributed by atoms with Crippen LogP contribution in [0.1, 0.15) is 40.5 Å². The molecule has 2 aliphatic rings. The van der Waals surface area contributed by atoms with Crippen LogP contribution in [-0.4, -0.2) is 30.1 Å². The molecule has 0 saturated carbocycles. The molecule has 2 atom stereocenters. The monoisotopic (exact) mass is 376 g/mol. The van der Waals surface area contributed by atoms with Crippen LogP contribution in [0.4, 0.5) is 18.9 Å². The largest absolute Gasteiger partial charge is 0.416 e. The molecular weight excluding hydrogens is 357 g/mol. The minimum absolute atomic E-state index is 0.0332. The van der Waals surface area contributed by atoms with Crippen LogP contribution < -0.4 is 5.32 Å². The van der Waals surface area contributed by atoms with Crippen LogP contribution in [-0.2, 0) is 10.9 Å². The highest BCUT2D eigenvalue weighted by Gasteiger charge is 2.40. The molecule has 7 heteroatoms. The maximum absolute atomic E-state index is 13.6. The van der Waals surface area contributed by atoms with E-state index in [1.54, 1.807) is 30.3 Å². The maximum Gasteiger partial charge on any atom is 0.416 e. The highest BCUT2D eigenvalue weighted by molar-refractivity contribution is 6.01. The second-order valence-corrected chi connectivity index (χ2v) is 6.77. The zero-order valence-corrected chi connectivity index (χ0v) is 14.5. The van der Waals surface area contributed by atoms with E-state index in [4.69, 9.17) is 4.74 Å². The lowest BCUT2D eigenvalue weighted by Gasteiger charge is -2.40. The molecule has 2 aliphatic heterocycles. The molecule has 1 amide bonds. The summed E-state index contributed by atoms with van der Waals surface area (Å²) in [6.45, 7) is 0.859. The summed E-state index contributed by atoms with van der Waals surface area (Å²) in [5.74, 6) is -0.290. The van der Waals surface area contributed by atoms with Gasteiger partial charge in [0, 0.05) is 24.4 Å². The van der Waals surface area contributed by atoms with Gasteiger partial charge in [0.15, 0.2) is 0 Å². The topological polar surface area (TPSA) is 41.6 Å². The van der Waals surface area contributed by atoms with Gasteiger partial charge in [-0.1, -0.05) is 30.3 Å². The molecule has 0 bridgehead atoms. The first-order valence-electron chi connectivity index (χ1n) is 8.89. The highest BCUT2D eigenvalue weighted by Crippen LogP contribution is 2.40. The third-order valence-electron chi connectivity index (χ3n) is 5.01. The second-order valence-electron chi connectivity index (χ2n) is 6.77. The minimum atomic E-state index is -4.51. The van der Waals surface area contributed by atoms with E-state index in [1.165, 1.54) is 17.0 Å². The maximum atomic E-state index is 13.6. The fourth-order valence-electron chi connectivity index (χ4n) is 3.73. The summed E-state index contributed by atoms with van der Waals surface area (Å²) in [6, 6.07) is 12.3. The Morgan fingerprint density at radius 3 is 2.59 bits per heavy atom. The molecule has 142 valence electrons. The Balaban J connectivity index is 1.78. The summed E-state index contributed by atoms with van der Waals surface area (Å²) in [5.41, 5.74) is 0.280. The Labute approximate surface area is 154 Å². The van der Waals surface area contributed by atoms with Crippen molar-refractivity contribution in [1.29, 1.82) is 0 Å². The van der Waals surface area contributed by atoms with Crippen LogP contribution in [0, 0.1) is 0 Å². The summed E-state index contributed by atoms with van der Waals surface area (Å²) in [7, 11) is 0. The molecule has 4 nitrogen and oxygen atoms in total. The Kier molecular flexibility index (Phi) is 4.55. The number of amides is 1. The van der Waals surface area contributed by atoms with Crippen LogP contribution >= 0.6 is 0 Å². The number of ether oxygens (including phenoxy) is 1. The van der Waals surface area contributed by atoms with Crippen molar-refractivity contribution in [2.24, 2.45) is 0 Å². The molecule has 1 N–H and O–H groups in total. The van der Waals surface area contributed by atoms with E-state index >= 15 is 0 Å². The van der Waals surface area contributed by atoms with E-state index in [9.17, 15) is 18.0 Å². The number of anilines is 1. The minimum Gasteiger partial charge on any atom is -0.376 e. The van der Waals surface area contributed by atoms with Crippen molar-refractivity contribution < 1.29 is 22.7 Å². The van der Waals surface area contributed by atoms with Gasteiger partial charge in [0.1, 0.15) is 6.17 Å². The quantitative estimate of drug-likeness (QED) is 0.861. The van der Waals surface area contributed by atoms with Crippen molar-refractivity contribution in [1.82, 2.24) is 4.90 Å². The van der Waals surface area contributed by atoms with Gasteiger partial charge in [-0.15, -0.1) is 0 Å².